The zero-order valence-electron chi connectivity index (χ0n) is 26.4. The van der Waals surface area contributed by atoms with Crippen molar-refractivity contribution in [1.82, 2.24) is 4.98 Å². The Kier molecular flexibility index (Phi) is 8.88. The zero-order chi connectivity index (χ0) is 32.1. The molecule has 4 nitrogen and oxygen atoms in total. The Balaban J connectivity index is 2.08. The van der Waals surface area contributed by atoms with Crippen LogP contribution in [0.3, 0.4) is 0 Å². The summed E-state index contributed by atoms with van der Waals surface area (Å²) in [7, 11) is -0.818. The van der Waals surface area contributed by atoms with Crippen LogP contribution in [0, 0.1) is 11.2 Å². The molecule has 0 aliphatic heterocycles. The maximum absolute atomic E-state index is 14.4. The van der Waals surface area contributed by atoms with Gasteiger partial charge in [0.1, 0.15) is 5.82 Å². The number of ketones is 1. The Morgan fingerprint density at radius 3 is 2.12 bits per heavy atom. The van der Waals surface area contributed by atoms with E-state index in [0.29, 0.717) is 29.7 Å². The second-order valence-electron chi connectivity index (χ2n) is 13.8. The first-order valence-electron chi connectivity index (χ1n) is 14.5. The van der Waals surface area contributed by atoms with E-state index in [0.717, 1.165) is 23.4 Å². The fraction of sp³-hybridized carbons (Fsp3) is 0.471. The minimum Gasteiger partial charge on any atom is -0.410 e. The van der Waals surface area contributed by atoms with Gasteiger partial charge in [0.15, 0.2) is 14.1 Å². The Morgan fingerprint density at radius 2 is 1.60 bits per heavy atom. The van der Waals surface area contributed by atoms with E-state index in [-0.39, 0.29) is 21.6 Å². The molecule has 2 atom stereocenters. The Labute approximate surface area is 253 Å². The number of hydrogen-bond donors (Lipinski definition) is 0. The van der Waals surface area contributed by atoms with Crippen LogP contribution in [0.1, 0.15) is 98.6 Å². The molecule has 9 heteroatoms. The maximum atomic E-state index is 14.4. The summed E-state index contributed by atoms with van der Waals surface area (Å²) in [5, 5.41) is -0.0956. The number of methoxy groups -OCH3 is 1. The third-order valence-corrected chi connectivity index (χ3v) is 13.3. The average molecular weight is 616 g/mol. The smallest absolute Gasteiger partial charge is 0.410 e. The van der Waals surface area contributed by atoms with Gasteiger partial charge in [0.05, 0.1) is 29.0 Å². The first-order valence-corrected chi connectivity index (χ1v) is 17.4. The van der Waals surface area contributed by atoms with Gasteiger partial charge in [-0.2, -0.15) is 13.2 Å². The highest BCUT2D eigenvalue weighted by atomic mass is 28.4. The van der Waals surface area contributed by atoms with Gasteiger partial charge in [0, 0.05) is 29.5 Å². The number of aromatic nitrogens is 1. The third-order valence-electron chi connectivity index (χ3n) is 8.86. The number of alkyl halides is 3. The fourth-order valence-corrected chi connectivity index (χ4v) is 6.69. The van der Waals surface area contributed by atoms with Gasteiger partial charge in [-0.15, -0.1) is 0 Å². The highest BCUT2D eigenvalue weighted by Crippen LogP contribution is 2.51. The van der Waals surface area contributed by atoms with E-state index >= 15 is 0 Å². The monoisotopic (exact) mass is 615 g/mol. The van der Waals surface area contributed by atoms with Gasteiger partial charge < -0.3 is 9.16 Å². The molecule has 232 valence electrons. The molecular formula is C34H41F4NO3Si. The van der Waals surface area contributed by atoms with Crippen molar-refractivity contribution in [3.05, 3.63) is 88.0 Å². The Hall–Kier alpha value is -2.88. The van der Waals surface area contributed by atoms with Crippen LogP contribution in [-0.4, -0.2) is 26.2 Å². The van der Waals surface area contributed by atoms with E-state index in [9.17, 15) is 22.4 Å². The molecule has 1 aromatic heterocycles. The number of nitrogens with zero attached hydrogens (tertiary/aromatic N) is 1. The number of carbonyl (C=O) groups is 1. The number of halogens is 4. The molecule has 2 aromatic carbocycles. The summed E-state index contributed by atoms with van der Waals surface area (Å²) in [4.78, 5) is 19.5. The van der Waals surface area contributed by atoms with Crippen LogP contribution in [-0.2, 0) is 21.8 Å². The molecule has 1 heterocycles. The standard InChI is InChI=1S/C34H41F4NO3Si/c1-20(41-7)30-29(31(40)22-10-14-23(15-11-22)34(36,37)38)27(21-12-16-24(35)17-13-21)28-25(39-30)18-33(5,6)19-26(28)42-43(8,9)32(2,3)4/h10-17,20,26H,18-19H2,1-9H3/t20?,26-/m0/s1. The summed E-state index contributed by atoms with van der Waals surface area (Å²) < 4.78 is 67.0. The molecule has 0 bridgehead atoms. The van der Waals surface area contributed by atoms with E-state index in [1.165, 1.54) is 31.4 Å². The van der Waals surface area contributed by atoms with Gasteiger partial charge in [-0.1, -0.05) is 58.9 Å². The summed E-state index contributed by atoms with van der Waals surface area (Å²) in [6, 6.07) is 10.1. The lowest BCUT2D eigenvalue weighted by Crippen LogP contribution is -2.44. The molecule has 1 unspecified atom stereocenters. The first kappa shape index (κ1) is 33.0. The van der Waals surface area contributed by atoms with Gasteiger partial charge in [-0.05, 0) is 73.1 Å². The molecule has 0 N–H and O–H groups in total. The number of rotatable bonds is 7. The lowest BCUT2D eigenvalue weighted by Gasteiger charge is -2.45. The second-order valence-corrected chi connectivity index (χ2v) is 18.6. The minimum atomic E-state index is -4.54. The highest BCUT2D eigenvalue weighted by Gasteiger charge is 2.45. The van der Waals surface area contributed by atoms with E-state index in [2.05, 4.69) is 47.7 Å². The molecule has 0 saturated carbocycles. The number of fused-ring (bicyclic) bond motifs is 1. The summed E-state index contributed by atoms with van der Waals surface area (Å²) in [5.74, 6) is -0.916. The number of hydrogen-bond acceptors (Lipinski definition) is 4. The second kappa shape index (κ2) is 11.6. The zero-order valence-corrected chi connectivity index (χ0v) is 27.4. The number of ether oxygens (including phenoxy) is 1. The quantitative estimate of drug-likeness (QED) is 0.151. The van der Waals surface area contributed by atoms with E-state index in [1.54, 1.807) is 19.1 Å². The van der Waals surface area contributed by atoms with Crippen LogP contribution < -0.4 is 0 Å². The molecule has 0 spiro atoms. The molecule has 0 fully saturated rings. The summed E-state index contributed by atoms with van der Waals surface area (Å²) in [6.07, 6.45) is -4.26. The SMILES string of the molecule is COC(C)c1nc2c(c(-c3ccc(F)cc3)c1C(=O)c1ccc(C(F)(F)F)cc1)[C@@H](O[Si](C)(C)C(C)(C)C)CC(C)(C)C2. The number of benzene rings is 2. The van der Waals surface area contributed by atoms with Gasteiger partial charge in [-0.25, -0.2) is 4.39 Å². The normalized spacial score (nSPS) is 17.8. The van der Waals surface area contributed by atoms with Crippen molar-refractivity contribution >= 4 is 14.1 Å². The molecule has 0 amide bonds. The molecule has 0 radical (unpaired) electrons. The molecular weight excluding hydrogens is 574 g/mol. The van der Waals surface area contributed by atoms with Crippen molar-refractivity contribution in [2.24, 2.45) is 5.41 Å². The Bertz CT molecular complexity index is 1490. The number of carbonyl (C=O) groups excluding carboxylic acids is 1. The largest absolute Gasteiger partial charge is 0.416 e. The third kappa shape index (κ3) is 6.79. The molecule has 1 aliphatic carbocycles. The summed E-state index contributed by atoms with van der Waals surface area (Å²) in [6.45, 7) is 17.0. The maximum Gasteiger partial charge on any atom is 0.416 e. The van der Waals surface area contributed by atoms with Crippen molar-refractivity contribution in [3.8, 4) is 11.1 Å². The predicted octanol–water partition coefficient (Wildman–Crippen LogP) is 9.88. The molecule has 3 aromatic rings. The fourth-order valence-electron chi connectivity index (χ4n) is 5.42. The van der Waals surface area contributed by atoms with Gasteiger partial charge in [0.25, 0.3) is 0 Å². The summed E-state index contributed by atoms with van der Waals surface area (Å²) in [5.41, 5.74) is 2.40. The van der Waals surface area contributed by atoms with Crippen LogP contribution in [0.25, 0.3) is 11.1 Å². The van der Waals surface area contributed by atoms with Crippen LogP contribution in [0.5, 0.6) is 0 Å². The average Bonchev–Trinajstić information content (AvgIpc) is 2.89. The van der Waals surface area contributed by atoms with Crippen molar-refractivity contribution < 1.29 is 31.5 Å². The summed E-state index contributed by atoms with van der Waals surface area (Å²) >= 11 is 0. The van der Waals surface area contributed by atoms with Crippen LogP contribution >= 0.6 is 0 Å². The van der Waals surface area contributed by atoms with Crippen molar-refractivity contribution in [3.63, 3.8) is 0 Å². The van der Waals surface area contributed by atoms with Crippen LogP contribution in [0.4, 0.5) is 17.6 Å². The van der Waals surface area contributed by atoms with Crippen LogP contribution in [0.2, 0.25) is 18.1 Å². The minimum absolute atomic E-state index is 0.0840. The highest BCUT2D eigenvalue weighted by molar-refractivity contribution is 6.74. The molecule has 0 saturated heterocycles. The van der Waals surface area contributed by atoms with Crippen molar-refractivity contribution in [2.75, 3.05) is 7.11 Å². The molecule has 4 rings (SSSR count). The van der Waals surface area contributed by atoms with Gasteiger partial charge in [-0.3, -0.25) is 9.78 Å². The van der Waals surface area contributed by atoms with E-state index in [4.69, 9.17) is 14.1 Å². The first-order chi connectivity index (χ1) is 19.8. The predicted molar refractivity (Wildman–Crippen MR) is 163 cm³/mol. The van der Waals surface area contributed by atoms with Gasteiger partial charge in [0.2, 0.25) is 0 Å². The van der Waals surface area contributed by atoms with Crippen molar-refractivity contribution in [2.45, 2.75) is 90.9 Å². The lowest BCUT2D eigenvalue weighted by molar-refractivity contribution is -0.137. The van der Waals surface area contributed by atoms with Gasteiger partial charge >= 0.3 is 6.18 Å². The lowest BCUT2D eigenvalue weighted by atomic mass is 9.72. The van der Waals surface area contributed by atoms with E-state index < -0.39 is 43.9 Å². The number of pyridine rings is 1. The topological polar surface area (TPSA) is 48.4 Å². The Morgan fingerprint density at radius 1 is 1.02 bits per heavy atom. The molecule has 1 aliphatic rings. The van der Waals surface area contributed by atoms with E-state index in [1.807, 2.05) is 0 Å². The van der Waals surface area contributed by atoms with Crippen molar-refractivity contribution in [1.29, 1.82) is 0 Å². The van der Waals surface area contributed by atoms with Crippen LogP contribution in [0.15, 0.2) is 48.5 Å². The molecule has 43 heavy (non-hydrogen) atoms.